The zero-order chi connectivity index (χ0) is 19.5. The highest BCUT2D eigenvalue weighted by Gasteiger charge is 2.30. The van der Waals surface area contributed by atoms with Crippen LogP contribution in [0.1, 0.15) is 30.4 Å². The van der Waals surface area contributed by atoms with Gasteiger partial charge in [0.15, 0.2) is 0 Å². The number of anilines is 1. The Morgan fingerprint density at radius 1 is 1.11 bits per heavy atom. The van der Waals surface area contributed by atoms with Crippen LogP contribution in [0, 0.1) is 11.7 Å². The van der Waals surface area contributed by atoms with Crippen LogP contribution < -0.4 is 10.6 Å². The predicted octanol–water partition coefficient (Wildman–Crippen LogP) is 2.98. The van der Waals surface area contributed by atoms with Gasteiger partial charge in [-0.15, -0.1) is 0 Å². The van der Waals surface area contributed by atoms with Crippen molar-refractivity contribution in [2.45, 2.75) is 31.9 Å². The van der Waals surface area contributed by atoms with E-state index in [4.69, 9.17) is 4.84 Å². The van der Waals surface area contributed by atoms with E-state index in [9.17, 15) is 14.0 Å². The number of oxime groups is 1. The van der Waals surface area contributed by atoms with E-state index in [-0.39, 0.29) is 30.0 Å². The molecule has 1 aliphatic carbocycles. The Morgan fingerprint density at radius 3 is 2.71 bits per heavy atom. The van der Waals surface area contributed by atoms with Crippen molar-refractivity contribution >= 4 is 23.2 Å². The minimum absolute atomic E-state index is 0.0440. The molecule has 1 aliphatic heterocycles. The van der Waals surface area contributed by atoms with Crippen molar-refractivity contribution in [3.05, 3.63) is 65.5 Å². The van der Waals surface area contributed by atoms with Crippen molar-refractivity contribution in [3.8, 4) is 0 Å². The SMILES string of the molecule is O=C(Nc1cccc(CNC(=O)[C@H]2CC(c3cccc(F)c3)=NO2)c1)C1CC1. The maximum absolute atomic E-state index is 13.3. The van der Waals surface area contributed by atoms with Gasteiger partial charge in [-0.2, -0.15) is 0 Å². The van der Waals surface area contributed by atoms with E-state index in [1.165, 1.54) is 12.1 Å². The van der Waals surface area contributed by atoms with Gasteiger partial charge in [0.05, 0.1) is 5.71 Å². The number of carbonyl (C=O) groups is 2. The number of hydrogen-bond donors (Lipinski definition) is 2. The molecule has 1 fully saturated rings. The Bertz CT molecular complexity index is 940. The van der Waals surface area contributed by atoms with E-state index in [1.54, 1.807) is 12.1 Å². The van der Waals surface area contributed by atoms with Crippen LogP contribution in [0.2, 0.25) is 0 Å². The summed E-state index contributed by atoms with van der Waals surface area (Å²) >= 11 is 0. The fraction of sp³-hybridized carbons (Fsp3) is 0.286. The van der Waals surface area contributed by atoms with Crippen LogP contribution in [-0.4, -0.2) is 23.6 Å². The zero-order valence-electron chi connectivity index (χ0n) is 15.2. The first-order valence-corrected chi connectivity index (χ1v) is 9.24. The van der Waals surface area contributed by atoms with Gasteiger partial charge in [0.25, 0.3) is 5.91 Å². The van der Waals surface area contributed by atoms with Crippen LogP contribution in [0.5, 0.6) is 0 Å². The van der Waals surface area contributed by atoms with Gasteiger partial charge in [-0.25, -0.2) is 4.39 Å². The lowest BCUT2D eigenvalue weighted by Crippen LogP contribution is -2.34. The van der Waals surface area contributed by atoms with Gasteiger partial charge in [0.1, 0.15) is 5.82 Å². The highest BCUT2D eigenvalue weighted by Crippen LogP contribution is 2.30. The molecule has 28 heavy (non-hydrogen) atoms. The Hall–Kier alpha value is -3.22. The average molecular weight is 381 g/mol. The van der Waals surface area contributed by atoms with Crippen molar-refractivity contribution in [1.29, 1.82) is 0 Å². The topological polar surface area (TPSA) is 79.8 Å². The Morgan fingerprint density at radius 2 is 1.93 bits per heavy atom. The fourth-order valence-corrected chi connectivity index (χ4v) is 3.01. The minimum atomic E-state index is -0.740. The first-order valence-electron chi connectivity index (χ1n) is 9.24. The second-order valence-corrected chi connectivity index (χ2v) is 7.03. The molecule has 2 aromatic carbocycles. The van der Waals surface area contributed by atoms with Crippen molar-refractivity contribution in [3.63, 3.8) is 0 Å². The predicted molar refractivity (Wildman–Crippen MR) is 102 cm³/mol. The molecule has 0 aromatic heterocycles. The molecule has 1 atom stereocenters. The first-order chi connectivity index (χ1) is 13.6. The van der Waals surface area contributed by atoms with Gasteiger partial charge in [0, 0.05) is 30.1 Å². The molecule has 0 bridgehead atoms. The lowest BCUT2D eigenvalue weighted by molar-refractivity contribution is -0.131. The fourth-order valence-electron chi connectivity index (χ4n) is 3.01. The standard InChI is InChI=1S/C21H20FN3O3/c22-16-5-2-4-15(10-16)18-11-19(28-25-18)21(27)23-12-13-3-1-6-17(9-13)24-20(26)14-7-8-14/h1-6,9-10,14,19H,7-8,11-12H2,(H,23,27)(H,24,26)/t19-/m1/s1. The van der Waals surface area contributed by atoms with Gasteiger partial charge in [-0.05, 0) is 42.7 Å². The molecule has 0 unspecified atom stereocenters. The molecule has 0 spiro atoms. The van der Waals surface area contributed by atoms with Gasteiger partial charge in [0.2, 0.25) is 12.0 Å². The molecule has 2 N–H and O–H groups in total. The van der Waals surface area contributed by atoms with Crippen LogP contribution in [0.4, 0.5) is 10.1 Å². The minimum Gasteiger partial charge on any atom is -0.382 e. The van der Waals surface area contributed by atoms with Gasteiger partial charge in [-0.1, -0.05) is 29.4 Å². The largest absolute Gasteiger partial charge is 0.382 e. The normalized spacial score (nSPS) is 18.2. The smallest absolute Gasteiger partial charge is 0.264 e. The molecule has 2 amide bonds. The van der Waals surface area contributed by atoms with Gasteiger partial charge in [-0.3, -0.25) is 9.59 Å². The summed E-state index contributed by atoms with van der Waals surface area (Å²) in [5, 5.41) is 9.62. The molecular weight excluding hydrogens is 361 g/mol. The maximum atomic E-state index is 13.3. The highest BCUT2D eigenvalue weighted by atomic mass is 19.1. The third-order valence-corrected chi connectivity index (χ3v) is 4.73. The number of nitrogens with zero attached hydrogens (tertiary/aromatic N) is 1. The number of amides is 2. The van der Waals surface area contributed by atoms with Crippen LogP contribution in [0.25, 0.3) is 0 Å². The molecule has 144 valence electrons. The molecule has 6 nitrogen and oxygen atoms in total. The Labute approximate surface area is 161 Å². The van der Waals surface area contributed by atoms with Crippen LogP contribution in [0.3, 0.4) is 0 Å². The average Bonchev–Trinajstić information content (AvgIpc) is 3.43. The summed E-state index contributed by atoms with van der Waals surface area (Å²) in [6, 6.07) is 13.4. The molecule has 2 aromatic rings. The molecule has 4 rings (SSSR count). The third-order valence-electron chi connectivity index (χ3n) is 4.73. The molecule has 2 aliphatic rings. The number of halogens is 1. The second kappa shape index (κ2) is 7.80. The quantitative estimate of drug-likeness (QED) is 0.807. The van der Waals surface area contributed by atoms with E-state index in [1.807, 2.05) is 24.3 Å². The number of nitrogens with one attached hydrogen (secondary N) is 2. The van der Waals surface area contributed by atoms with E-state index in [2.05, 4.69) is 15.8 Å². The molecule has 7 heteroatoms. The molecule has 0 radical (unpaired) electrons. The lowest BCUT2D eigenvalue weighted by atomic mass is 10.0. The number of benzene rings is 2. The Balaban J connectivity index is 1.29. The third kappa shape index (κ3) is 4.36. The van der Waals surface area contributed by atoms with E-state index in [0.717, 1.165) is 24.1 Å². The lowest BCUT2D eigenvalue weighted by Gasteiger charge is -2.11. The molecular formula is C21H20FN3O3. The van der Waals surface area contributed by atoms with Crippen molar-refractivity contribution in [2.75, 3.05) is 5.32 Å². The summed E-state index contributed by atoms with van der Waals surface area (Å²) in [7, 11) is 0. The van der Waals surface area contributed by atoms with E-state index < -0.39 is 6.10 Å². The van der Waals surface area contributed by atoms with E-state index >= 15 is 0 Å². The summed E-state index contributed by atoms with van der Waals surface area (Å²) in [6.07, 6.45) is 1.44. The van der Waals surface area contributed by atoms with E-state index in [0.29, 0.717) is 17.8 Å². The van der Waals surface area contributed by atoms with Crippen LogP contribution in [-0.2, 0) is 21.0 Å². The van der Waals surface area contributed by atoms with Gasteiger partial charge < -0.3 is 15.5 Å². The monoisotopic (exact) mass is 381 g/mol. The van der Waals surface area contributed by atoms with Crippen LogP contribution >= 0.6 is 0 Å². The van der Waals surface area contributed by atoms with Crippen molar-refractivity contribution in [1.82, 2.24) is 5.32 Å². The number of hydrogen-bond acceptors (Lipinski definition) is 4. The maximum Gasteiger partial charge on any atom is 0.264 e. The summed E-state index contributed by atoms with van der Waals surface area (Å²) in [6.45, 7) is 0.307. The zero-order valence-corrected chi connectivity index (χ0v) is 15.2. The van der Waals surface area contributed by atoms with Crippen LogP contribution in [0.15, 0.2) is 53.7 Å². The molecule has 0 saturated heterocycles. The summed E-state index contributed by atoms with van der Waals surface area (Å²) in [5.74, 6) is -0.470. The Kier molecular flexibility index (Phi) is 5.06. The summed E-state index contributed by atoms with van der Waals surface area (Å²) in [5.41, 5.74) is 2.74. The summed E-state index contributed by atoms with van der Waals surface area (Å²) < 4.78 is 13.3. The van der Waals surface area contributed by atoms with Crippen molar-refractivity contribution in [2.24, 2.45) is 11.1 Å². The first kappa shape index (κ1) is 18.2. The highest BCUT2D eigenvalue weighted by molar-refractivity contribution is 6.04. The second-order valence-electron chi connectivity index (χ2n) is 7.03. The van der Waals surface area contributed by atoms with Gasteiger partial charge >= 0.3 is 0 Å². The molecule has 1 saturated carbocycles. The van der Waals surface area contributed by atoms with Crippen molar-refractivity contribution < 1.29 is 18.8 Å². The molecule has 1 heterocycles. The number of carbonyl (C=O) groups excluding carboxylic acids is 2. The summed E-state index contributed by atoms with van der Waals surface area (Å²) in [4.78, 5) is 29.4. The number of rotatable bonds is 6.